The molecule has 0 N–H and O–H groups in total. The van der Waals surface area contributed by atoms with Crippen molar-refractivity contribution in [3.63, 3.8) is 0 Å². The van der Waals surface area contributed by atoms with Crippen molar-refractivity contribution in [1.29, 1.82) is 0 Å². The van der Waals surface area contributed by atoms with Gasteiger partial charge in [-0.15, -0.1) is 11.3 Å². The van der Waals surface area contributed by atoms with Gasteiger partial charge >= 0.3 is 0 Å². The summed E-state index contributed by atoms with van der Waals surface area (Å²) in [4.78, 5) is 32.0. The van der Waals surface area contributed by atoms with Gasteiger partial charge in [-0.05, 0) is 24.3 Å². The first kappa shape index (κ1) is 15.0. The summed E-state index contributed by atoms with van der Waals surface area (Å²) in [6, 6.07) is 4.07. The maximum Gasteiger partial charge on any atom is 0.256 e. The largest absolute Gasteiger partial charge is 0.336 e. The van der Waals surface area contributed by atoms with Gasteiger partial charge in [0.15, 0.2) is 0 Å². The first-order valence-corrected chi connectivity index (χ1v) is 8.28. The fourth-order valence-electron chi connectivity index (χ4n) is 2.83. The van der Waals surface area contributed by atoms with Gasteiger partial charge in [-0.3, -0.25) is 9.59 Å². The zero-order chi connectivity index (χ0) is 15.7. The number of amides is 1. The normalized spacial score (nSPS) is 15.5. The van der Waals surface area contributed by atoms with Crippen LogP contribution in [-0.2, 0) is 31.2 Å². The smallest absolute Gasteiger partial charge is 0.256 e. The summed E-state index contributed by atoms with van der Waals surface area (Å²) in [7, 11) is 1.70. The number of fused-ring (bicyclic) bond motifs is 1. The van der Waals surface area contributed by atoms with Crippen molar-refractivity contribution in [2.75, 3.05) is 6.54 Å². The molecular weight excluding hydrogens is 298 g/mol. The van der Waals surface area contributed by atoms with Crippen molar-refractivity contribution in [2.45, 2.75) is 26.3 Å². The summed E-state index contributed by atoms with van der Waals surface area (Å²) < 4.78 is 1.50. The lowest BCUT2D eigenvalue weighted by Gasteiger charge is -2.30. The maximum atomic E-state index is 12.6. The Kier molecular flexibility index (Phi) is 4.11. The molecule has 5 nitrogen and oxygen atoms in total. The van der Waals surface area contributed by atoms with Gasteiger partial charge in [0, 0.05) is 30.0 Å². The Hall–Kier alpha value is -1.95. The van der Waals surface area contributed by atoms with E-state index in [1.165, 1.54) is 15.8 Å². The third-order valence-corrected chi connectivity index (χ3v) is 5.01. The van der Waals surface area contributed by atoms with Crippen molar-refractivity contribution < 1.29 is 4.79 Å². The fraction of sp³-hybridized carbons (Fsp3) is 0.438. The Morgan fingerprint density at radius 2 is 2.32 bits per heavy atom. The number of carbonyl (C=O) groups excluding carboxylic acids is 1. The van der Waals surface area contributed by atoms with Gasteiger partial charge in [-0.1, -0.05) is 13.0 Å². The fourth-order valence-corrected chi connectivity index (χ4v) is 3.67. The average Bonchev–Trinajstić information content (AvgIpc) is 3.03. The number of rotatable bonds is 3. The second-order valence-electron chi connectivity index (χ2n) is 5.78. The number of nitrogens with zero attached hydrogens (tertiary/aromatic N) is 3. The monoisotopic (exact) mass is 317 g/mol. The first-order valence-electron chi connectivity index (χ1n) is 7.41. The van der Waals surface area contributed by atoms with Crippen LogP contribution in [-0.4, -0.2) is 26.9 Å². The molecule has 0 saturated heterocycles. The minimum Gasteiger partial charge on any atom is -0.336 e. The highest BCUT2D eigenvalue weighted by Gasteiger charge is 2.27. The highest BCUT2D eigenvalue weighted by Crippen LogP contribution is 2.19. The number of thiophene rings is 1. The van der Waals surface area contributed by atoms with Crippen LogP contribution in [0.15, 0.2) is 28.6 Å². The predicted molar refractivity (Wildman–Crippen MR) is 85.8 cm³/mol. The second-order valence-corrected chi connectivity index (χ2v) is 6.81. The third kappa shape index (κ3) is 2.83. The van der Waals surface area contributed by atoms with E-state index >= 15 is 0 Å². The van der Waals surface area contributed by atoms with E-state index < -0.39 is 0 Å². The molecule has 2 aromatic heterocycles. The molecule has 0 spiro atoms. The molecule has 0 radical (unpaired) electrons. The van der Waals surface area contributed by atoms with Crippen LogP contribution in [0.4, 0.5) is 0 Å². The molecule has 0 fully saturated rings. The lowest BCUT2D eigenvalue weighted by Crippen LogP contribution is -2.42. The van der Waals surface area contributed by atoms with E-state index in [1.54, 1.807) is 18.4 Å². The SMILES string of the molecule is C[C@@H](Cc1cccs1)C(=O)N1CCc2c(ncn(C)c2=O)C1. The first-order chi connectivity index (χ1) is 10.6. The minimum atomic E-state index is -0.0493. The molecular formula is C16H19N3O2S. The summed E-state index contributed by atoms with van der Waals surface area (Å²) in [5, 5.41) is 2.03. The number of aryl methyl sites for hydroxylation is 1. The van der Waals surface area contributed by atoms with Gasteiger partial charge in [0.2, 0.25) is 5.91 Å². The lowest BCUT2D eigenvalue weighted by molar-refractivity contribution is -0.136. The van der Waals surface area contributed by atoms with E-state index in [-0.39, 0.29) is 17.4 Å². The zero-order valence-corrected chi connectivity index (χ0v) is 13.6. The van der Waals surface area contributed by atoms with Gasteiger partial charge in [-0.2, -0.15) is 0 Å². The van der Waals surface area contributed by atoms with Crippen molar-refractivity contribution in [1.82, 2.24) is 14.5 Å². The Bertz CT molecular complexity index is 736. The molecule has 0 unspecified atom stereocenters. The highest BCUT2D eigenvalue weighted by atomic mass is 32.1. The Morgan fingerprint density at radius 3 is 3.05 bits per heavy atom. The quantitative estimate of drug-likeness (QED) is 0.864. The van der Waals surface area contributed by atoms with Gasteiger partial charge in [0.05, 0.1) is 18.6 Å². The maximum absolute atomic E-state index is 12.6. The van der Waals surface area contributed by atoms with Crippen LogP contribution in [0.3, 0.4) is 0 Å². The molecule has 116 valence electrons. The van der Waals surface area contributed by atoms with Gasteiger partial charge < -0.3 is 9.47 Å². The molecule has 1 atom stereocenters. The van der Waals surface area contributed by atoms with E-state index in [0.717, 1.165) is 17.7 Å². The van der Waals surface area contributed by atoms with Crippen molar-refractivity contribution in [3.05, 3.63) is 50.3 Å². The molecule has 3 rings (SSSR count). The topological polar surface area (TPSA) is 55.2 Å². The number of hydrogen-bond donors (Lipinski definition) is 0. The Labute approximate surface area is 133 Å². The molecule has 6 heteroatoms. The number of hydrogen-bond acceptors (Lipinski definition) is 4. The molecule has 22 heavy (non-hydrogen) atoms. The number of carbonyl (C=O) groups is 1. The van der Waals surface area contributed by atoms with Crippen LogP contribution in [0.25, 0.3) is 0 Å². The summed E-state index contributed by atoms with van der Waals surface area (Å²) in [5.41, 5.74) is 1.50. The van der Waals surface area contributed by atoms with E-state index in [0.29, 0.717) is 19.5 Å². The minimum absolute atomic E-state index is 0.00346. The molecule has 1 aliphatic rings. The Balaban J connectivity index is 1.72. The van der Waals surface area contributed by atoms with Crippen LogP contribution >= 0.6 is 11.3 Å². The summed E-state index contributed by atoms with van der Waals surface area (Å²) in [6.07, 6.45) is 2.89. The molecule has 0 aromatic carbocycles. The van der Waals surface area contributed by atoms with Gasteiger partial charge in [0.25, 0.3) is 5.56 Å². The molecule has 1 aliphatic heterocycles. The van der Waals surface area contributed by atoms with E-state index in [1.807, 2.05) is 23.3 Å². The second kappa shape index (κ2) is 6.04. The van der Waals surface area contributed by atoms with Crippen LogP contribution in [0.2, 0.25) is 0 Å². The van der Waals surface area contributed by atoms with E-state index in [2.05, 4.69) is 11.1 Å². The molecule has 0 aliphatic carbocycles. The van der Waals surface area contributed by atoms with Crippen molar-refractivity contribution in [2.24, 2.45) is 13.0 Å². The Morgan fingerprint density at radius 1 is 1.50 bits per heavy atom. The lowest BCUT2D eigenvalue weighted by atomic mass is 10.0. The van der Waals surface area contributed by atoms with Crippen molar-refractivity contribution in [3.8, 4) is 0 Å². The zero-order valence-electron chi connectivity index (χ0n) is 12.8. The molecule has 0 saturated carbocycles. The molecule has 2 aromatic rings. The van der Waals surface area contributed by atoms with Crippen LogP contribution in [0, 0.1) is 5.92 Å². The third-order valence-electron chi connectivity index (χ3n) is 4.11. The van der Waals surface area contributed by atoms with Crippen LogP contribution < -0.4 is 5.56 Å². The van der Waals surface area contributed by atoms with Gasteiger partial charge in [0.1, 0.15) is 0 Å². The van der Waals surface area contributed by atoms with Crippen LogP contribution in [0.1, 0.15) is 23.1 Å². The summed E-state index contributed by atoms with van der Waals surface area (Å²) >= 11 is 1.68. The predicted octanol–water partition coefficient (Wildman–Crippen LogP) is 1.61. The van der Waals surface area contributed by atoms with E-state index in [4.69, 9.17) is 0 Å². The summed E-state index contributed by atoms with van der Waals surface area (Å²) in [6.45, 7) is 3.01. The molecule has 0 bridgehead atoms. The molecule has 3 heterocycles. The van der Waals surface area contributed by atoms with E-state index in [9.17, 15) is 9.59 Å². The average molecular weight is 317 g/mol. The van der Waals surface area contributed by atoms with Crippen molar-refractivity contribution >= 4 is 17.2 Å². The molecule has 1 amide bonds. The number of aromatic nitrogens is 2. The summed E-state index contributed by atoms with van der Waals surface area (Å²) in [5.74, 6) is 0.0910. The highest BCUT2D eigenvalue weighted by molar-refractivity contribution is 7.09. The van der Waals surface area contributed by atoms with Gasteiger partial charge in [-0.25, -0.2) is 4.98 Å². The standard InChI is InChI=1S/C16H19N3O2S/c1-11(8-12-4-3-7-22-12)15(20)19-6-5-13-14(9-19)17-10-18(2)16(13)21/h3-4,7,10-11H,5-6,8-9H2,1-2H3/t11-/m0/s1. The van der Waals surface area contributed by atoms with Crippen LogP contribution in [0.5, 0.6) is 0 Å².